The lowest BCUT2D eigenvalue weighted by Gasteiger charge is -2.16. The molecule has 1 aromatic carbocycles. The summed E-state index contributed by atoms with van der Waals surface area (Å²) in [6.07, 6.45) is 4.23. The Hall–Kier alpha value is -2.69. The summed E-state index contributed by atoms with van der Waals surface area (Å²) in [5.41, 5.74) is 3.19. The van der Waals surface area contributed by atoms with Gasteiger partial charge in [-0.2, -0.15) is 0 Å². The van der Waals surface area contributed by atoms with E-state index in [4.69, 9.17) is 0 Å². The first kappa shape index (κ1) is 13.3. The summed E-state index contributed by atoms with van der Waals surface area (Å²) in [6, 6.07) is 12.1. The van der Waals surface area contributed by atoms with Crippen molar-refractivity contribution in [1.29, 1.82) is 0 Å². The van der Waals surface area contributed by atoms with Crippen LogP contribution in [-0.2, 0) is 0 Å². The maximum Gasteiger partial charge on any atom is 0.235 e. The van der Waals surface area contributed by atoms with Crippen molar-refractivity contribution in [2.75, 3.05) is 5.32 Å². The molecule has 0 saturated carbocycles. The van der Waals surface area contributed by atoms with E-state index in [1.54, 1.807) is 6.20 Å². The van der Waals surface area contributed by atoms with E-state index in [2.05, 4.69) is 23.3 Å². The minimum atomic E-state index is -0.460. The van der Waals surface area contributed by atoms with Gasteiger partial charge in [-0.25, -0.2) is 4.98 Å². The Bertz CT molecular complexity index is 695. The molecule has 1 aliphatic heterocycles. The zero-order valence-corrected chi connectivity index (χ0v) is 11.6. The zero-order valence-electron chi connectivity index (χ0n) is 11.6. The number of pyridine rings is 1. The topological polar surface area (TPSA) is 68.1 Å². The maximum atomic E-state index is 10.3. The predicted octanol–water partition coefficient (Wildman–Crippen LogP) is 3.27. The lowest BCUT2D eigenvalue weighted by atomic mass is 9.89. The molecule has 1 N–H and O–H groups in total. The average molecular weight is 281 g/mol. The second-order valence-corrected chi connectivity index (χ2v) is 5.12. The molecule has 0 aliphatic carbocycles. The van der Waals surface area contributed by atoms with Gasteiger partial charge in [0.1, 0.15) is 5.82 Å². The van der Waals surface area contributed by atoms with Crippen LogP contribution in [0.1, 0.15) is 29.5 Å². The van der Waals surface area contributed by atoms with E-state index < -0.39 is 4.92 Å². The van der Waals surface area contributed by atoms with Crippen LogP contribution in [0.2, 0.25) is 0 Å². The fraction of sp³-hybridized carbons (Fsp3) is 0.188. The summed E-state index contributed by atoms with van der Waals surface area (Å²) in [6.45, 7) is 2.13. The van der Waals surface area contributed by atoms with Crippen LogP contribution < -0.4 is 5.32 Å². The molecule has 21 heavy (non-hydrogen) atoms. The molecule has 2 atom stereocenters. The molecule has 3 rings (SSSR count). The lowest BCUT2D eigenvalue weighted by Crippen LogP contribution is -2.16. The molecule has 1 aliphatic rings. The van der Waals surface area contributed by atoms with Gasteiger partial charge in [-0.15, -0.1) is 0 Å². The van der Waals surface area contributed by atoms with Crippen LogP contribution in [0.15, 0.2) is 48.8 Å². The van der Waals surface area contributed by atoms with E-state index in [1.165, 1.54) is 17.2 Å². The summed E-state index contributed by atoms with van der Waals surface area (Å²) in [7, 11) is 0. The highest BCUT2D eigenvalue weighted by atomic mass is 16.6. The highest BCUT2D eigenvalue weighted by Gasteiger charge is 2.30. The van der Waals surface area contributed by atoms with Crippen LogP contribution in [0.4, 0.5) is 5.82 Å². The fourth-order valence-electron chi connectivity index (χ4n) is 2.79. The molecule has 2 heterocycles. The van der Waals surface area contributed by atoms with Crippen LogP contribution >= 0.6 is 0 Å². The SMILES string of the molecule is CC1Nc2ncccc2C1c1ccc(/C=C/[N+](=O)[O-])cc1. The number of nitrogens with zero attached hydrogens (tertiary/aromatic N) is 2. The number of anilines is 1. The smallest absolute Gasteiger partial charge is 0.235 e. The van der Waals surface area contributed by atoms with Gasteiger partial charge in [-0.1, -0.05) is 30.3 Å². The van der Waals surface area contributed by atoms with Gasteiger partial charge in [0, 0.05) is 29.8 Å². The number of nitro groups is 1. The number of hydrogen-bond donors (Lipinski definition) is 1. The second-order valence-electron chi connectivity index (χ2n) is 5.12. The summed E-state index contributed by atoms with van der Waals surface area (Å²) >= 11 is 0. The summed E-state index contributed by atoms with van der Waals surface area (Å²) in [5.74, 6) is 1.19. The van der Waals surface area contributed by atoms with Crippen molar-refractivity contribution in [3.63, 3.8) is 0 Å². The molecule has 0 amide bonds. The van der Waals surface area contributed by atoms with Crippen molar-refractivity contribution in [3.8, 4) is 0 Å². The molecule has 0 fully saturated rings. The third kappa shape index (κ3) is 2.63. The molecule has 1 aromatic heterocycles. The number of nitrogens with one attached hydrogen (secondary N) is 1. The quantitative estimate of drug-likeness (QED) is 0.692. The summed E-state index contributed by atoms with van der Waals surface area (Å²) in [4.78, 5) is 14.2. The minimum Gasteiger partial charge on any atom is -0.366 e. The molecule has 0 radical (unpaired) electrons. The maximum absolute atomic E-state index is 10.3. The van der Waals surface area contributed by atoms with Crippen molar-refractivity contribution in [1.82, 2.24) is 4.98 Å². The van der Waals surface area contributed by atoms with Crippen molar-refractivity contribution >= 4 is 11.9 Å². The van der Waals surface area contributed by atoms with Crippen LogP contribution in [0, 0.1) is 10.1 Å². The standard InChI is InChI=1S/C16H15N3O2/c1-11-15(14-3-2-9-17-16(14)18-11)13-6-4-12(5-7-13)8-10-19(20)21/h2-11,15H,1H3,(H,17,18)/b10-8+. The summed E-state index contributed by atoms with van der Waals surface area (Å²) < 4.78 is 0. The molecule has 5 heteroatoms. The highest BCUT2D eigenvalue weighted by molar-refractivity contribution is 5.58. The molecule has 2 unspecified atom stereocenters. The van der Waals surface area contributed by atoms with Crippen molar-refractivity contribution in [2.24, 2.45) is 0 Å². The Kier molecular flexibility index (Phi) is 3.39. The number of aromatic nitrogens is 1. The molecule has 106 valence electrons. The molecule has 0 spiro atoms. The normalized spacial score (nSPS) is 20.2. The highest BCUT2D eigenvalue weighted by Crippen LogP contribution is 2.38. The number of fused-ring (bicyclic) bond motifs is 1. The minimum absolute atomic E-state index is 0.252. The monoisotopic (exact) mass is 281 g/mol. The third-order valence-electron chi connectivity index (χ3n) is 3.72. The first-order chi connectivity index (χ1) is 10.1. The van der Waals surface area contributed by atoms with Gasteiger partial charge in [-0.05, 0) is 24.1 Å². The largest absolute Gasteiger partial charge is 0.366 e. The van der Waals surface area contributed by atoms with Gasteiger partial charge in [0.25, 0.3) is 0 Å². The zero-order chi connectivity index (χ0) is 14.8. The Morgan fingerprint density at radius 3 is 2.76 bits per heavy atom. The molecular formula is C16H15N3O2. The second kappa shape index (κ2) is 5.36. The van der Waals surface area contributed by atoms with Crippen molar-refractivity contribution in [2.45, 2.75) is 18.9 Å². The van der Waals surface area contributed by atoms with Crippen LogP contribution in [0.3, 0.4) is 0 Å². The van der Waals surface area contributed by atoms with Gasteiger partial charge >= 0.3 is 0 Å². The number of benzene rings is 1. The first-order valence-electron chi connectivity index (χ1n) is 6.78. The van der Waals surface area contributed by atoms with Crippen molar-refractivity contribution < 1.29 is 4.92 Å². The molecule has 5 nitrogen and oxygen atoms in total. The molecule has 2 aromatic rings. The van der Waals surface area contributed by atoms with E-state index in [0.717, 1.165) is 17.6 Å². The Balaban J connectivity index is 1.89. The number of hydrogen-bond acceptors (Lipinski definition) is 4. The van der Waals surface area contributed by atoms with Gasteiger partial charge < -0.3 is 5.32 Å². The van der Waals surface area contributed by atoms with Gasteiger partial charge in [0.15, 0.2) is 0 Å². The first-order valence-corrected chi connectivity index (χ1v) is 6.78. The van der Waals surface area contributed by atoms with Crippen LogP contribution in [-0.4, -0.2) is 15.9 Å². The van der Waals surface area contributed by atoms with Gasteiger partial charge in [-0.3, -0.25) is 10.1 Å². The Morgan fingerprint density at radius 1 is 1.29 bits per heavy atom. The summed E-state index contributed by atoms with van der Waals surface area (Å²) in [5, 5.41) is 13.7. The Labute approximate surface area is 122 Å². The van der Waals surface area contributed by atoms with E-state index in [0.29, 0.717) is 0 Å². The van der Waals surface area contributed by atoms with Crippen LogP contribution in [0.25, 0.3) is 6.08 Å². The van der Waals surface area contributed by atoms with Crippen molar-refractivity contribution in [3.05, 3.63) is 75.6 Å². The third-order valence-corrected chi connectivity index (χ3v) is 3.72. The van der Waals surface area contributed by atoms with Crippen LogP contribution in [0.5, 0.6) is 0 Å². The van der Waals surface area contributed by atoms with E-state index >= 15 is 0 Å². The molecular weight excluding hydrogens is 266 g/mol. The molecule has 0 bridgehead atoms. The average Bonchev–Trinajstić information content (AvgIpc) is 2.81. The fourth-order valence-corrected chi connectivity index (χ4v) is 2.79. The Morgan fingerprint density at radius 2 is 2.05 bits per heavy atom. The van der Waals surface area contributed by atoms with E-state index in [1.807, 2.05) is 30.3 Å². The van der Waals surface area contributed by atoms with Gasteiger partial charge in [0.2, 0.25) is 6.20 Å². The number of rotatable bonds is 3. The van der Waals surface area contributed by atoms with E-state index in [-0.39, 0.29) is 12.0 Å². The van der Waals surface area contributed by atoms with Gasteiger partial charge in [0.05, 0.1) is 4.92 Å². The lowest BCUT2D eigenvalue weighted by molar-refractivity contribution is -0.400. The molecule has 0 saturated heterocycles. The van der Waals surface area contributed by atoms with E-state index in [9.17, 15) is 10.1 Å². The predicted molar refractivity (Wildman–Crippen MR) is 81.6 cm³/mol.